The van der Waals surface area contributed by atoms with Gasteiger partial charge in [-0.3, -0.25) is 19.3 Å². The molecule has 3 heterocycles. The van der Waals surface area contributed by atoms with Crippen molar-refractivity contribution in [3.05, 3.63) is 48.8 Å². The number of aromatic amines is 1. The summed E-state index contributed by atoms with van der Waals surface area (Å²) in [5.74, 6) is -1.64. The maximum Gasteiger partial charge on any atom is 0.329 e. The molecule has 1 saturated heterocycles. The monoisotopic (exact) mass is 562 g/mol. The number of fused-ring (bicyclic) bond motifs is 9. The number of halogens is 1. The summed E-state index contributed by atoms with van der Waals surface area (Å²) in [6, 6.07) is 7.25. The van der Waals surface area contributed by atoms with Crippen molar-refractivity contribution in [3.63, 3.8) is 0 Å². The number of esters is 1. The van der Waals surface area contributed by atoms with Gasteiger partial charge in [-0.15, -0.1) is 11.8 Å². The first-order valence-corrected chi connectivity index (χ1v) is 14.0. The van der Waals surface area contributed by atoms with Crippen LogP contribution in [0.2, 0.25) is 0 Å². The summed E-state index contributed by atoms with van der Waals surface area (Å²) in [7, 11) is 0. The van der Waals surface area contributed by atoms with Gasteiger partial charge in [-0.2, -0.15) is 0 Å². The Morgan fingerprint density at radius 2 is 1.85 bits per heavy atom. The second kappa shape index (κ2) is 8.06. The molecule has 7 nitrogen and oxygen atoms in total. The van der Waals surface area contributed by atoms with Gasteiger partial charge in [0.1, 0.15) is 6.04 Å². The van der Waals surface area contributed by atoms with Crippen molar-refractivity contribution in [1.82, 2.24) is 9.88 Å². The number of thiazole rings is 1. The van der Waals surface area contributed by atoms with Crippen molar-refractivity contribution < 1.29 is 19.1 Å². The van der Waals surface area contributed by atoms with Crippen molar-refractivity contribution in [2.24, 2.45) is 29.6 Å². The first-order chi connectivity index (χ1) is 16.3. The van der Waals surface area contributed by atoms with Crippen LogP contribution < -0.4 is 4.87 Å². The van der Waals surface area contributed by atoms with Gasteiger partial charge in [0.25, 0.3) is 0 Å². The fraction of sp³-hybridized carbons (Fsp3) is 0.500. The second-order valence-corrected chi connectivity index (χ2v) is 12.6. The maximum atomic E-state index is 13.6. The zero-order valence-corrected chi connectivity index (χ0v) is 21.7. The van der Waals surface area contributed by atoms with Gasteiger partial charge in [0.05, 0.1) is 23.5 Å². The number of aromatic nitrogens is 1. The van der Waals surface area contributed by atoms with E-state index in [9.17, 15) is 19.2 Å². The molecule has 1 N–H and O–H groups in total. The number of imide groups is 1. The number of rotatable bonds is 4. The minimum atomic E-state index is -0.917. The molecule has 8 atom stereocenters. The van der Waals surface area contributed by atoms with Crippen LogP contribution in [0.25, 0.3) is 0 Å². The minimum absolute atomic E-state index is 0.00585. The van der Waals surface area contributed by atoms with Gasteiger partial charge >= 0.3 is 10.8 Å². The molecule has 178 valence electrons. The quantitative estimate of drug-likeness (QED) is 0.451. The summed E-state index contributed by atoms with van der Waals surface area (Å²) in [4.78, 5) is 56.9. The molecule has 0 radical (unpaired) electrons. The SMILES string of the molecule is CCOC(=O)C(C)N1C(=O)C2C3CC(C2C1=O)C1C(c2ccc(Br)cc2)c2sc(=O)[nH]c2SC31. The highest BCUT2D eigenvalue weighted by atomic mass is 79.9. The van der Waals surface area contributed by atoms with Gasteiger partial charge in [0, 0.05) is 20.5 Å². The molecule has 0 spiro atoms. The van der Waals surface area contributed by atoms with E-state index in [0.29, 0.717) is 0 Å². The van der Waals surface area contributed by atoms with E-state index in [1.807, 2.05) is 12.1 Å². The molecule has 3 fully saturated rings. The number of benzene rings is 1. The maximum absolute atomic E-state index is 13.6. The Bertz CT molecular complexity index is 1260. The molecule has 10 heteroatoms. The third kappa shape index (κ3) is 3.07. The fourth-order valence-electron chi connectivity index (χ4n) is 6.83. The molecule has 4 aliphatic rings. The van der Waals surface area contributed by atoms with Gasteiger partial charge in [0.15, 0.2) is 0 Å². The van der Waals surface area contributed by atoms with E-state index in [-0.39, 0.29) is 52.2 Å². The lowest BCUT2D eigenvalue weighted by atomic mass is 9.68. The number of carbonyl (C=O) groups is 3. The van der Waals surface area contributed by atoms with Crippen LogP contribution in [0.1, 0.15) is 36.6 Å². The highest BCUT2D eigenvalue weighted by molar-refractivity contribution is 9.10. The van der Waals surface area contributed by atoms with Crippen LogP contribution in [-0.2, 0) is 19.1 Å². The van der Waals surface area contributed by atoms with E-state index in [4.69, 9.17) is 4.74 Å². The summed E-state index contributed by atoms with van der Waals surface area (Å²) in [6.45, 7) is 3.49. The van der Waals surface area contributed by atoms with E-state index in [1.54, 1.807) is 25.6 Å². The molecule has 2 amide bonds. The summed E-state index contributed by atoms with van der Waals surface area (Å²) in [6.07, 6.45) is 0.822. The third-order valence-electron chi connectivity index (χ3n) is 8.00. The van der Waals surface area contributed by atoms with Crippen LogP contribution in [-0.4, -0.2) is 45.6 Å². The smallest absolute Gasteiger partial charge is 0.329 e. The summed E-state index contributed by atoms with van der Waals surface area (Å²) < 4.78 is 6.08. The van der Waals surface area contributed by atoms with E-state index in [0.717, 1.165) is 26.4 Å². The molecule has 2 bridgehead atoms. The van der Waals surface area contributed by atoms with E-state index in [2.05, 4.69) is 33.0 Å². The molecule has 2 aliphatic heterocycles. The van der Waals surface area contributed by atoms with Crippen molar-refractivity contribution in [2.45, 2.75) is 42.5 Å². The first kappa shape index (κ1) is 22.5. The Morgan fingerprint density at radius 1 is 1.18 bits per heavy atom. The Kier molecular flexibility index (Phi) is 5.35. The van der Waals surface area contributed by atoms with Gasteiger partial charge in [-0.05, 0) is 55.7 Å². The Balaban J connectivity index is 1.40. The lowest BCUT2D eigenvalue weighted by Crippen LogP contribution is -2.45. The van der Waals surface area contributed by atoms with Crippen molar-refractivity contribution in [1.29, 1.82) is 0 Å². The van der Waals surface area contributed by atoms with Crippen LogP contribution in [0.15, 0.2) is 38.6 Å². The number of carbonyl (C=O) groups excluding carboxylic acids is 3. The van der Waals surface area contributed by atoms with Gasteiger partial charge < -0.3 is 9.72 Å². The van der Waals surface area contributed by atoms with Gasteiger partial charge in [-0.1, -0.05) is 39.4 Å². The highest BCUT2D eigenvalue weighted by Gasteiger charge is 2.70. The number of amides is 2. The van der Waals surface area contributed by atoms with Crippen LogP contribution in [0.3, 0.4) is 0 Å². The molecule has 1 aromatic carbocycles. The Morgan fingerprint density at radius 3 is 2.53 bits per heavy atom. The predicted octanol–water partition coefficient (Wildman–Crippen LogP) is 3.62. The number of thioether (sulfide) groups is 1. The molecule has 2 aromatic rings. The first-order valence-electron chi connectivity index (χ1n) is 11.5. The number of hydrogen-bond donors (Lipinski definition) is 1. The number of likely N-dealkylation sites (tertiary alicyclic amines) is 1. The van der Waals surface area contributed by atoms with Crippen LogP contribution >= 0.6 is 39.0 Å². The lowest BCUT2D eigenvalue weighted by Gasteiger charge is -2.43. The van der Waals surface area contributed by atoms with Crippen molar-refractivity contribution >= 4 is 56.8 Å². The van der Waals surface area contributed by atoms with Crippen LogP contribution in [0.4, 0.5) is 0 Å². The van der Waals surface area contributed by atoms with E-state index >= 15 is 0 Å². The molecule has 34 heavy (non-hydrogen) atoms. The number of ether oxygens (including phenoxy) is 1. The van der Waals surface area contributed by atoms with Crippen LogP contribution in [0, 0.1) is 29.6 Å². The van der Waals surface area contributed by atoms with Gasteiger partial charge in [0.2, 0.25) is 11.8 Å². The zero-order valence-electron chi connectivity index (χ0n) is 18.5. The summed E-state index contributed by atoms with van der Waals surface area (Å²) >= 11 is 6.41. The van der Waals surface area contributed by atoms with E-state index < -0.39 is 23.8 Å². The van der Waals surface area contributed by atoms with Crippen molar-refractivity contribution in [3.8, 4) is 0 Å². The molecular weight excluding hydrogens is 540 g/mol. The normalized spacial score (nSPS) is 34.1. The number of nitrogens with one attached hydrogen (secondary N) is 1. The average Bonchev–Trinajstić information content (AvgIpc) is 3.53. The third-order valence-corrected chi connectivity index (χ3v) is 11.1. The average molecular weight is 563 g/mol. The van der Waals surface area contributed by atoms with Gasteiger partial charge in [-0.25, -0.2) is 4.79 Å². The zero-order chi connectivity index (χ0) is 23.9. The number of H-pyrrole nitrogens is 1. The summed E-state index contributed by atoms with van der Waals surface area (Å²) in [5.41, 5.74) is 1.12. The Labute approximate surface area is 212 Å². The largest absolute Gasteiger partial charge is 0.464 e. The lowest BCUT2D eigenvalue weighted by molar-refractivity contribution is -0.158. The molecule has 1 aromatic heterocycles. The fourth-order valence-corrected chi connectivity index (χ4v) is 9.99. The van der Waals surface area contributed by atoms with Crippen LogP contribution in [0.5, 0.6) is 0 Å². The van der Waals surface area contributed by atoms with Crippen molar-refractivity contribution in [2.75, 3.05) is 6.61 Å². The molecule has 6 rings (SSSR count). The summed E-state index contributed by atoms with van der Waals surface area (Å²) in [5, 5.41) is 1.02. The molecule has 2 aliphatic carbocycles. The topological polar surface area (TPSA) is 96.5 Å². The standard InChI is InChI=1S/C24H23BrN2O5S2/c1-3-32-23(30)9(2)27-21(28)16-12-8-13(17(16)22(27)29)18-15(12)14(10-4-6-11(25)7-5-10)19-20(33-18)26-24(31)34-19/h4-7,9,12-18H,3,8H2,1-2H3,(H,26,31). The molecule has 2 saturated carbocycles. The minimum Gasteiger partial charge on any atom is -0.464 e. The highest BCUT2D eigenvalue weighted by Crippen LogP contribution is 2.68. The number of hydrogen-bond acceptors (Lipinski definition) is 7. The number of nitrogens with zero attached hydrogens (tertiary/aromatic N) is 1. The molecule has 8 unspecified atom stereocenters. The second-order valence-electron chi connectivity index (χ2n) is 9.49. The molecular formula is C24H23BrN2O5S2. The predicted molar refractivity (Wildman–Crippen MR) is 131 cm³/mol. The van der Waals surface area contributed by atoms with E-state index in [1.165, 1.54) is 16.2 Å². The Hall–Kier alpha value is -1.91.